The molecule has 0 aliphatic carbocycles. The number of benzene rings is 1. The third-order valence-electron chi connectivity index (χ3n) is 3.54. The molecule has 0 aliphatic rings. The number of methoxy groups -OCH3 is 1. The molecule has 0 aliphatic heterocycles. The van der Waals surface area contributed by atoms with Crippen LogP contribution in [0.3, 0.4) is 0 Å². The highest BCUT2D eigenvalue weighted by Crippen LogP contribution is 2.06. The van der Waals surface area contributed by atoms with Crippen molar-refractivity contribution >= 4 is 17.8 Å². The Morgan fingerprint density at radius 3 is 2.20 bits per heavy atom. The van der Waals surface area contributed by atoms with E-state index >= 15 is 0 Å². The molecule has 2 atom stereocenters. The van der Waals surface area contributed by atoms with Gasteiger partial charge in [-0.1, -0.05) is 42.0 Å². The van der Waals surface area contributed by atoms with Crippen LogP contribution in [0.25, 0.3) is 0 Å². The number of amides is 2. The molecule has 0 fully saturated rings. The number of nitrogens with one attached hydrogen (secondary N) is 2. The summed E-state index contributed by atoms with van der Waals surface area (Å²) in [6, 6.07) is 7.81. The summed E-state index contributed by atoms with van der Waals surface area (Å²) in [6.07, 6.45) is 2.52. The molecular formula is C19H26N2O4. The van der Waals surface area contributed by atoms with E-state index in [9.17, 15) is 14.4 Å². The summed E-state index contributed by atoms with van der Waals surface area (Å²) in [7, 11) is 1.28. The number of rotatable bonds is 8. The van der Waals surface area contributed by atoms with Gasteiger partial charge in [0.1, 0.15) is 12.1 Å². The minimum Gasteiger partial charge on any atom is -0.467 e. The van der Waals surface area contributed by atoms with Crippen molar-refractivity contribution in [1.29, 1.82) is 0 Å². The van der Waals surface area contributed by atoms with Crippen molar-refractivity contribution in [3.8, 4) is 0 Å². The summed E-state index contributed by atoms with van der Waals surface area (Å²) in [4.78, 5) is 36.0. The summed E-state index contributed by atoms with van der Waals surface area (Å²) >= 11 is 0. The normalized spacial score (nSPS) is 12.5. The summed E-state index contributed by atoms with van der Waals surface area (Å²) < 4.78 is 4.75. The zero-order chi connectivity index (χ0) is 18.8. The molecule has 0 aromatic heterocycles. The predicted molar refractivity (Wildman–Crippen MR) is 95.7 cm³/mol. The Labute approximate surface area is 148 Å². The van der Waals surface area contributed by atoms with Gasteiger partial charge >= 0.3 is 5.97 Å². The Kier molecular flexibility index (Phi) is 8.39. The average molecular weight is 346 g/mol. The van der Waals surface area contributed by atoms with Crippen LogP contribution in [0.5, 0.6) is 0 Å². The maximum atomic E-state index is 12.6. The highest BCUT2D eigenvalue weighted by atomic mass is 16.5. The molecule has 0 heterocycles. The predicted octanol–water partition coefficient (Wildman–Crippen LogP) is 1.75. The molecule has 0 radical (unpaired) electrons. The van der Waals surface area contributed by atoms with E-state index in [0.717, 1.165) is 11.1 Å². The van der Waals surface area contributed by atoms with Gasteiger partial charge in [-0.3, -0.25) is 9.59 Å². The molecule has 0 spiro atoms. The third-order valence-corrected chi connectivity index (χ3v) is 3.54. The van der Waals surface area contributed by atoms with Gasteiger partial charge in [0.2, 0.25) is 11.8 Å². The van der Waals surface area contributed by atoms with Crippen molar-refractivity contribution in [2.45, 2.75) is 45.7 Å². The first-order valence-electron chi connectivity index (χ1n) is 8.16. The van der Waals surface area contributed by atoms with E-state index in [2.05, 4.69) is 10.6 Å². The van der Waals surface area contributed by atoms with Gasteiger partial charge in [-0.2, -0.15) is 0 Å². The number of ether oxygens (including phenoxy) is 1. The number of carbonyl (C=O) groups excluding carboxylic acids is 3. The fourth-order valence-corrected chi connectivity index (χ4v) is 2.29. The van der Waals surface area contributed by atoms with Gasteiger partial charge in [0, 0.05) is 13.3 Å². The van der Waals surface area contributed by atoms with Crippen LogP contribution in [-0.4, -0.2) is 37.0 Å². The van der Waals surface area contributed by atoms with Gasteiger partial charge in [-0.15, -0.1) is 0 Å². The second-order valence-corrected chi connectivity index (χ2v) is 6.04. The van der Waals surface area contributed by atoms with Gasteiger partial charge in [-0.05, 0) is 25.8 Å². The highest BCUT2D eigenvalue weighted by Gasteiger charge is 2.26. The smallest absolute Gasteiger partial charge is 0.328 e. The first-order chi connectivity index (χ1) is 11.8. The van der Waals surface area contributed by atoms with E-state index in [1.807, 2.05) is 50.3 Å². The Balaban J connectivity index is 2.88. The molecule has 0 saturated carbocycles. The van der Waals surface area contributed by atoms with Crippen molar-refractivity contribution in [3.63, 3.8) is 0 Å². The minimum atomic E-state index is -0.792. The van der Waals surface area contributed by atoms with Crippen molar-refractivity contribution in [1.82, 2.24) is 10.6 Å². The molecule has 2 amide bonds. The number of allylic oxidation sites excluding steroid dienone is 1. The standard InChI is InChI=1S/C19H26N2O4/c1-13(2)10-11-16(19(24)25-4)21-18(23)17(20-14(3)22)12-15-8-6-5-7-9-15/h5-10,16-17H,11-12H2,1-4H3,(H,20,22)(H,21,23)/t16-,17-/m1/s1. The first-order valence-corrected chi connectivity index (χ1v) is 8.16. The third kappa shape index (κ3) is 7.65. The lowest BCUT2D eigenvalue weighted by molar-refractivity contribution is -0.145. The van der Waals surface area contributed by atoms with Crippen LogP contribution >= 0.6 is 0 Å². The van der Waals surface area contributed by atoms with Crippen LogP contribution in [0.1, 0.15) is 32.8 Å². The molecule has 1 aromatic rings. The van der Waals surface area contributed by atoms with E-state index in [1.165, 1.54) is 14.0 Å². The SMILES string of the molecule is COC(=O)[C@@H](CC=C(C)C)NC(=O)[C@@H](Cc1ccccc1)NC(C)=O. The number of carbonyl (C=O) groups is 3. The van der Waals surface area contributed by atoms with Crippen LogP contribution in [0.4, 0.5) is 0 Å². The molecule has 0 bridgehead atoms. The molecule has 2 N–H and O–H groups in total. The van der Waals surface area contributed by atoms with Crippen molar-refractivity contribution in [3.05, 3.63) is 47.5 Å². The molecule has 6 heteroatoms. The van der Waals surface area contributed by atoms with E-state index < -0.39 is 24.0 Å². The molecule has 0 unspecified atom stereocenters. The van der Waals surface area contributed by atoms with Crippen molar-refractivity contribution in [2.75, 3.05) is 7.11 Å². The Bertz CT molecular complexity index is 622. The summed E-state index contributed by atoms with van der Waals surface area (Å²) in [5.41, 5.74) is 1.95. The molecular weight excluding hydrogens is 320 g/mol. The van der Waals surface area contributed by atoms with Crippen LogP contribution in [-0.2, 0) is 25.5 Å². The number of hydrogen-bond acceptors (Lipinski definition) is 4. The summed E-state index contributed by atoms with van der Waals surface area (Å²) in [5.74, 6) is -1.25. The molecule has 1 aromatic carbocycles. The average Bonchev–Trinajstić information content (AvgIpc) is 2.57. The Hall–Kier alpha value is -2.63. The van der Waals surface area contributed by atoms with Crippen molar-refractivity contribution in [2.24, 2.45) is 0 Å². The summed E-state index contributed by atoms with van der Waals surface area (Å²) in [6.45, 7) is 5.17. The van der Waals surface area contributed by atoms with Crippen LogP contribution in [0, 0.1) is 0 Å². The van der Waals surface area contributed by atoms with E-state index in [1.54, 1.807) is 0 Å². The van der Waals surface area contributed by atoms with Crippen LogP contribution in [0.15, 0.2) is 42.0 Å². The Morgan fingerprint density at radius 1 is 1.04 bits per heavy atom. The quantitative estimate of drug-likeness (QED) is 0.555. The van der Waals surface area contributed by atoms with Crippen molar-refractivity contribution < 1.29 is 19.1 Å². The molecule has 136 valence electrons. The number of hydrogen-bond donors (Lipinski definition) is 2. The number of esters is 1. The Morgan fingerprint density at radius 2 is 1.68 bits per heavy atom. The van der Waals surface area contributed by atoms with Gasteiger partial charge in [0.25, 0.3) is 0 Å². The lowest BCUT2D eigenvalue weighted by Gasteiger charge is -2.21. The maximum Gasteiger partial charge on any atom is 0.328 e. The zero-order valence-corrected chi connectivity index (χ0v) is 15.2. The maximum absolute atomic E-state index is 12.6. The van der Waals surface area contributed by atoms with Gasteiger partial charge < -0.3 is 15.4 Å². The lowest BCUT2D eigenvalue weighted by atomic mass is 10.0. The van der Waals surface area contributed by atoms with Gasteiger partial charge in [0.15, 0.2) is 0 Å². The highest BCUT2D eigenvalue weighted by molar-refractivity contribution is 5.90. The molecule has 0 saturated heterocycles. The van der Waals surface area contributed by atoms with E-state index in [4.69, 9.17) is 4.74 Å². The van der Waals surface area contributed by atoms with Crippen LogP contribution < -0.4 is 10.6 Å². The van der Waals surface area contributed by atoms with E-state index in [0.29, 0.717) is 12.8 Å². The van der Waals surface area contributed by atoms with E-state index in [-0.39, 0.29) is 5.91 Å². The topological polar surface area (TPSA) is 84.5 Å². The van der Waals surface area contributed by atoms with Crippen LogP contribution in [0.2, 0.25) is 0 Å². The van der Waals surface area contributed by atoms with Gasteiger partial charge in [-0.25, -0.2) is 4.79 Å². The zero-order valence-electron chi connectivity index (χ0n) is 15.2. The largest absolute Gasteiger partial charge is 0.467 e. The molecule has 1 rings (SSSR count). The second kappa shape index (κ2) is 10.3. The fraction of sp³-hybridized carbons (Fsp3) is 0.421. The fourth-order valence-electron chi connectivity index (χ4n) is 2.29. The molecule has 25 heavy (non-hydrogen) atoms. The summed E-state index contributed by atoms with van der Waals surface area (Å²) in [5, 5.41) is 5.31. The lowest BCUT2D eigenvalue weighted by Crippen LogP contribution is -2.52. The first kappa shape index (κ1) is 20.4. The molecule has 6 nitrogen and oxygen atoms in total. The minimum absolute atomic E-state index is 0.310. The van der Waals surface area contributed by atoms with Gasteiger partial charge in [0.05, 0.1) is 7.11 Å². The monoisotopic (exact) mass is 346 g/mol. The second-order valence-electron chi connectivity index (χ2n) is 6.04.